The van der Waals surface area contributed by atoms with E-state index in [2.05, 4.69) is 10.5 Å². The maximum absolute atomic E-state index is 13.4. The summed E-state index contributed by atoms with van der Waals surface area (Å²) in [5.41, 5.74) is -0.537. The van der Waals surface area contributed by atoms with E-state index < -0.39 is 24.0 Å². The second-order valence-corrected chi connectivity index (χ2v) is 9.17. The number of alkyl halides is 3. The molecule has 2 N–H and O–H groups in total. The summed E-state index contributed by atoms with van der Waals surface area (Å²) < 4.78 is 40.3. The molecule has 13 heteroatoms. The van der Waals surface area contributed by atoms with E-state index in [-0.39, 0.29) is 40.3 Å². The molecule has 0 aliphatic carbocycles. The molecule has 4 rings (SSSR count). The van der Waals surface area contributed by atoms with Crippen LogP contribution < -0.4 is 10.6 Å². The van der Waals surface area contributed by atoms with Gasteiger partial charge >= 0.3 is 6.30 Å². The zero-order valence-electron chi connectivity index (χ0n) is 19.1. The highest BCUT2D eigenvalue weighted by Crippen LogP contribution is 2.39. The van der Waals surface area contributed by atoms with E-state index in [1.807, 2.05) is 0 Å². The Morgan fingerprint density at radius 1 is 1.22 bits per heavy atom. The second-order valence-electron chi connectivity index (χ2n) is 8.30. The van der Waals surface area contributed by atoms with Gasteiger partial charge in [-0.15, -0.1) is 0 Å². The van der Waals surface area contributed by atoms with Crippen LogP contribution in [0.4, 0.5) is 13.2 Å². The van der Waals surface area contributed by atoms with Crippen molar-refractivity contribution in [3.05, 3.63) is 68.7 Å². The maximum atomic E-state index is 13.4. The van der Waals surface area contributed by atoms with Gasteiger partial charge in [-0.05, 0) is 55.3 Å². The molecule has 0 aromatic heterocycles. The lowest BCUT2D eigenvalue weighted by Crippen LogP contribution is -2.50. The number of nitrogens with zero attached hydrogens (tertiary/aromatic N) is 2. The topological polar surface area (TPSA) is 92.3 Å². The largest absolute Gasteiger partial charge is 0.460 e. The summed E-state index contributed by atoms with van der Waals surface area (Å²) in [6, 6.07) is 7.88. The molecule has 2 atom stereocenters. The molecule has 2 heterocycles. The monoisotopic (exact) mass is 544 g/mol. The van der Waals surface area contributed by atoms with Crippen LogP contribution in [0, 0.1) is 6.92 Å². The zero-order chi connectivity index (χ0) is 26.3. The smallest absolute Gasteiger partial charge is 0.367 e. The molecule has 0 bridgehead atoms. The minimum absolute atomic E-state index is 0.0332. The quantitative estimate of drug-likeness (QED) is 0.529. The predicted molar refractivity (Wildman–Crippen MR) is 125 cm³/mol. The van der Waals surface area contributed by atoms with E-state index in [0.717, 1.165) is 0 Å². The number of hydroxylamine groups is 2. The number of amides is 2. The zero-order valence-corrected chi connectivity index (χ0v) is 20.6. The Hall–Kier alpha value is -2.86. The van der Waals surface area contributed by atoms with Gasteiger partial charge in [-0.1, -0.05) is 34.4 Å². The van der Waals surface area contributed by atoms with Crippen LogP contribution >= 0.6 is 23.2 Å². The van der Waals surface area contributed by atoms with Crippen molar-refractivity contribution in [1.82, 2.24) is 15.7 Å². The SMILES string of the molecule is CCN1OCC(NC(=O)c2ccc(C3=NOC(NC(F)(F)F)(c4cc(Cl)cc(Cl)c4)C3)cc2C)C1=O. The van der Waals surface area contributed by atoms with Crippen LogP contribution in [0.2, 0.25) is 10.0 Å². The Bertz CT molecular complexity index is 1220. The molecule has 2 amide bonds. The van der Waals surface area contributed by atoms with E-state index in [1.54, 1.807) is 26.0 Å². The van der Waals surface area contributed by atoms with Crippen LogP contribution in [0.5, 0.6) is 0 Å². The molecule has 36 heavy (non-hydrogen) atoms. The van der Waals surface area contributed by atoms with Gasteiger partial charge in [-0.2, -0.15) is 18.5 Å². The molecule has 2 aliphatic heterocycles. The van der Waals surface area contributed by atoms with Crippen LogP contribution in [0.1, 0.15) is 40.4 Å². The van der Waals surface area contributed by atoms with Gasteiger partial charge in [-0.25, -0.2) is 5.06 Å². The third-order valence-corrected chi connectivity index (χ3v) is 6.17. The number of hydrogen-bond acceptors (Lipinski definition) is 6. The minimum Gasteiger partial charge on any atom is -0.367 e. The number of hydrogen-bond donors (Lipinski definition) is 2. The summed E-state index contributed by atoms with van der Waals surface area (Å²) in [5.74, 6) is -0.822. The number of carbonyl (C=O) groups is 2. The highest BCUT2D eigenvalue weighted by atomic mass is 35.5. The molecule has 2 aromatic carbocycles. The molecular formula is C23H21Cl2F3N4O4. The second kappa shape index (κ2) is 9.89. The number of carbonyl (C=O) groups excluding carboxylic acids is 2. The first-order valence-electron chi connectivity index (χ1n) is 10.8. The first-order chi connectivity index (χ1) is 16.9. The predicted octanol–water partition coefficient (Wildman–Crippen LogP) is 4.28. The molecule has 2 aliphatic rings. The van der Waals surface area contributed by atoms with Gasteiger partial charge in [0, 0.05) is 27.7 Å². The number of halogens is 5. The van der Waals surface area contributed by atoms with E-state index in [9.17, 15) is 22.8 Å². The number of rotatable bonds is 6. The van der Waals surface area contributed by atoms with Crippen molar-refractivity contribution in [1.29, 1.82) is 0 Å². The van der Waals surface area contributed by atoms with E-state index in [4.69, 9.17) is 32.9 Å². The lowest BCUT2D eigenvalue weighted by atomic mass is 9.93. The molecule has 1 fully saturated rings. The Balaban J connectivity index is 1.55. The maximum Gasteiger partial charge on any atom is 0.460 e. The molecule has 1 saturated heterocycles. The van der Waals surface area contributed by atoms with Crippen molar-refractivity contribution in [2.45, 2.75) is 38.3 Å². The lowest BCUT2D eigenvalue weighted by Gasteiger charge is -2.29. The molecule has 0 saturated carbocycles. The molecule has 2 unspecified atom stereocenters. The number of aryl methyl sites for hydroxylation is 1. The van der Waals surface area contributed by atoms with Gasteiger partial charge in [-0.3, -0.25) is 14.4 Å². The standard InChI is InChI=1S/C23H21Cl2F3N4O4/c1-3-32-21(34)19(11-35-32)29-20(33)17-5-4-13(6-12(17)2)18-10-22(36-30-18,31-23(26,27)28)14-7-15(24)9-16(25)8-14/h4-9,19,31H,3,10-11H2,1-2H3,(H,29,33). The normalized spacial score (nSPS) is 22.0. The van der Waals surface area contributed by atoms with Crippen molar-refractivity contribution in [3.8, 4) is 0 Å². The summed E-state index contributed by atoms with van der Waals surface area (Å²) in [4.78, 5) is 35.5. The van der Waals surface area contributed by atoms with Crippen LogP contribution in [0.15, 0.2) is 41.6 Å². The number of likely N-dealkylation sites (N-methyl/N-ethyl adjacent to an activating group) is 1. The molecule has 0 spiro atoms. The average molecular weight is 545 g/mol. The average Bonchev–Trinajstić information content (AvgIpc) is 3.36. The van der Waals surface area contributed by atoms with E-state index in [0.29, 0.717) is 23.2 Å². The molecule has 2 aromatic rings. The van der Waals surface area contributed by atoms with Crippen molar-refractivity contribution in [2.24, 2.45) is 5.16 Å². The Kier molecular flexibility index (Phi) is 7.20. The highest BCUT2D eigenvalue weighted by molar-refractivity contribution is 6.34. The van der Waals surface area contributed by atoms with Crippen LogP contribution in [0.25, 0.3) is 0 Å². The third-order valence-electron chi connectivity index (χ3n) is 5.74. The minimum atomic E-state index is -4.80. The number of nitrogens with one attached hydrogen (secondary N) is 2. The third kappa shape index (κ3) is 5.44. The fourth-order valence-corrected chi connectivity index (χ4v) is 4.58. The van der Waals surface area contributed by atoms with Crippen molar-refractivity contribution in [2.75, 3.05) is 13.2 Å². The van der Waals surface area contributed by atoms with Crippen molar-refractivity contribution < 1.29 is 32.4 Å². The van der Waals surface area contributed by atoms with Crippen LogP contribution in [-0.2, 0) is 20.2 Å². The molecular weight excluding hydrogens is 524 g/mol. The van der Waals surface area contributed by atoms with E-state index in [1.165, 1.54) is 34.6 Å². The van der Waals surface area contributed by atoms with E-state index >= 15 is 0 Å². The van der Waals surface area contributed by atoms with Gasteiger partial charge in [0.1, 0.15) is 12.6 Å². The van der Waals surface area contributed by atoms with Crippen molar-refractivity contribution >= 4 is 40.7 Å². The van der Waals surface area contributed by atoms with Gasteiger partial charge in [0.15, 0.2) is 0 Å². The highest BCUT2D eigenvalue weighted by Gasteiger charge is 2.49. The summed E-state index contributed by atoms with van der Waals surface area (Å²) in [6.45, 7) is 3.80. The molecule has 192 valence electrons. The Morgan fingerprint density at radius 2 is 1.92 bits per heavy atom. The molecule has 0 radical (unpaired) electrons. The first kappa shape index (κ1) is 26.2. The van der Waals surface area contributed by atoms with Crippen LogP contribution in [0.3, 0.4) is 0 Å². The first-order valence-corrected chi connectivity index (χ1v) is 11.6. The summed E-state index contributed by atoms with van der Waals surface area (Å²) in [6.07, 6.45) is -5.10. The van der Waals surface area contributed by atoms with Gasteiger partial charge in [0.05, 0.1) is 12.1 Å². The fourth-order valence-electron chi connectivity index (χ4n) is 4.06. The van der Waals surface area contributed by atoms with Gasteiger partial charge in [0.25, 0.3) is 11.8 Å². The number of oxime groups is 1. The molecule has 8 nitrogen and oxygen atoms in total. The summed E-state index contributed by atoms with van der Waals surface area (Å²) in [5, 5.41) is 9.53. The summed E-state index contributed by atoms with van der Waals surface area (Å²) >= 11 is 12.0. The fraction of sp³-hybridized carbons (Fsp3) is 0.348. The van der Waals surface area contributed by atoms with Crippen LogP contribution in [-0.4, -0.2) is 48.1 Å². The lowest BCUT2D eigenvalue weighted by molar-refractivity contribution is -0.219. The Labute approximate surface area is 214 Å². The van der Waals surface area contributed by atoms with Gasteiger partial charge in [0.2, 0.25) is 5.72 Å². The van der Waals surface area contributed by atoms with Crippen molar-refractivity contribution in [3.63, 3.8) is 0 Å². The Morgan fingerprint density at radius 3 is 2.50 bits per heavy atom. The summed E-state index contributed by atoms with van der Waals surface area (Å²) in [7, 11) is 0. The van der Waals surface area contributed by atoms with Gasteiger partial charge < -0.3 is 10.2 Å². The number of benzene rings is 2.